The van der Waals surface area contributed by atoms with Gasteiger partial charge in [0.2, 0.25) is 0 Å². The van der Waals surface area contributed by atoms with E-state index < -0.39 is 0 Å². The summed E-state index contributed by atoms with van der Waals surface area (Å²) in [6.45, 7) is 8.37. The number of nitrogens with one attached hydrogen (secondary N) is 1. The highest BCUT2D eigenvalue weighted by molar-refractivity contribution is 4.97. The molecular weight excluding hydrogens is 224 g/mol. The number of morpholine rings is 1. The fraction of sp³-hybridized carbons (Fsp3) is 0.867. The molecular formula is C15H26N2O. The predicted octanol–water partition coefficient (Wildman–Crippen LogP) is 1.63. The summed E-state index contributed by atoms with van der Waals surface area (Å²) in [6.07, 6.45) is 5.07. The van der Waals surface area contributed by atoms with Crippen LogP contribution in [0.3, 0.4) is 0 Å². The van der Waals surface area contributed by atoms with Crippen molar-refractivity contribution in [3.05, 3.63) is 0 Å². The molecule has 3 atom stereocenters. The van der Waals surface area contributed by atoms with E-state index in [1.165, 1.54) is 19.4 Å². The molecule has 0 saturated carbocycles. The molecule has 2 saturated heterocycles. The molecule has 0 aromatic carbocycles. The largest absolute Gasteiger partial charge is 0.374 e. The van der Waals surface area contributed by atoms with Gasteiger partial charge in [-0.25, -0.2) is 0 Å². The molecule has 2 fully saturated rings. The highest BCUT2D eigenvalue weighted by Gasteiger charge is 2.35. The van der Waals surface area contributed by atoms with Crippen LogP contribution < -0.4 is 5.32 Å². The molecule has 2 aliphatic heterocycles. The molecule has 2 rings (SSSR count). The Morgan fingerprint density at radius 1 is 1.50 bits per heavy atom. The molecule has 0 aromatic heterocycles. The summed E-state index contributed by atoms with van der Waals surface area (Å²) < 4.78 is 6.08. The van der Waals surface area contributed by atoms with Crippen LogP contribution in [0.5, 0.6) is 0 Å². The van der Waals surface area contributed by atoms with Crippen LogP contribution in [0.1, 0.15) is 39.5 Å². The van der Waals surface area contributed by atoms with Crippen molar-refractivity contribution < 1.29 is 4.74 Å². The van der Waals surface area contributed by atoms with Crippen molar-refractivity contribution >= 4 is 0 Å². The Morgan fingerprint density at radius 2 is 2.39 bits per heavy atom. The maximum atomic E-state index is 6.08. The number of hydrogen-bond donors (Lipinski definition) is 1. The van der Waals surface area contributed by atoms with Crippen molar-refractivity contribution in [1.82, 2.24) is 10.2 Å². The number of nitrogens with zero attached hydrogens (tertiary/aromatic N) is 1. The Labute approximate surface area is 111 Å². The quantitative estimate of drug-likeness (QED) is 0.751. The molecule has 1 N–H and O–H groups in total. The summed E-state index contributed by atoms with van der Waals surface area (Å²) in [5.41, 5.74) is 0. The van der Waals surface area contributed by atoms with Gasteiger partial charge >= 0.3 is 0 Å². The second-order valence-corrected chi connectivity index (χ2v) is 5.29. The molecule has 18 heavy (non-hydrogen) atoms. The van der Waals surface area contributed by atoms with E-state index >= 15 is 0 Å². The minimum atomic E-state index is 0.345. The van der Waals surface area contributed by atoms with Crippen LogP contribution in [0.2, 0.25) is 0 Å². The second-order valence-electron chi connectivity index (χ2n) is 5.29. The first-order valence-corrected chi connectivity index (χ1v) is 7.33. The van der Waals surface area contributed by atoms with Gasteiger partial charge in [-0.15, -0.1) is 11.8 Å². The van der Waals surface area contributed by atoms with Crippen molar-refractivity contribution in [2.75, 3.05) is 26.2 Å². The van der Waals surface area contributed by atoms with Crippen LogP contribution in [0, 0.1) is 11.8 Å². The zero-order valence-electron chi connectivity index (χ0n) is 11.7. The number of ether oxygens (including phenoxy) is 1. The summed E-state index contributed by atoms with van der Waals surface area (Å²) in [6, 6.07) is 1.15. The van der Waals surface area contributed by atoms with Crippen molar-refractivity contribution in [2.45, 2.75) is 57.7 Å². The summed E-state index contributed by atoms with van der Waals surface area (Å²) in [5.74, 6) is 6.14. The second kappa shape index (κ2) is 7.13. The molecule has 3 unspecified atom stereocenters. The molecule has 0 spiro atoms. The third kappa shape index (κ3) is 3.47. The van der Waals surface area contributed by atoms with Crippen molar-refractivity contribution in [2.24, 2.45) is 0 Å². The molecule has 2 aliphatic rings. The fourth-order valence-corrected chi connectivity index (χ4v) is 3.12. The lowest BCUT2D eigenvalue weighted by atomic mass is 10.0. The lowest BCUT2D eigenvalue weighted by Gasteiger charge is -2.39. The van der Waals surface area contributed by atoms with Gasteiger partial charge in [-0.05, 0) is 39.3 Å². The summed E-state index contributed by atoms with van der Waals surface area (Å²) in [4.78, 5) is 2.62. The lowest BCUT2D eigenvalue weighted by Crippen LogP contribution is -2.54. The van der Waals surface area contributed by atoms with Crippen molar-refractivity contribution in [3.63, 3.8) is 0 Å². The standard InChI is InChI=1S/C15H26N2O/c1-3-5-6-9-14(16-4-2)15-11-17-10-7-8-13(17)12-18-15/h13-16H,4,6-12H2,1-2H3. The summed E-state index contributed by atoms with van der Waals surface area (Å²) >= 11 is 0. The average Bonchev–Trinajstić information content (AvgIpc) is 2.85. The zero-order chi connectivity index (χ0) is 12.8. The van der Waals surface area contributed by atoms with Gasteiger partial charge in [-0.3, -0.25) is 4.90 Å². The normalized spacial score (nSPS) is 29.4. The maximum Gasteiger partial charge on any atom is 0.0855 e. The molecule has 0 amide bonds. The molecule has 0 aromatic rings. The van der Waals surface area contributed by atoms with E-state index in [4.69, 9.17) is 4.74 Å². The van der Waals surface area contributed by atoms with Crippen molar-refractivity contribution in [1.29, 1.82) is 0 Å². The van der Waals surface area contributed by atoms with Gasteiger partial charge in [-0.1, -0.05) is 6.92 Å². The minimum absolute atomic E-state index is 0.345. The molecule has 102 valence electrons. The van der Waals surface area contributed by atoms with Crippen LogP contribution in [0.25, 0.3) is 0 Å². The first-order valence-electron chi connectivity index (χ1n) is 7.33. The first-order chi connectivity index (χ1) is 8.85. The Morgan fingerprint density at radius 3 is 3.17 bits per heavy atom. The van der Waals surface area contributed by atoms with Gasteiger partial charge in [-0.2, -0.15) is 0 Å². The molecule has 2 heterocycles. The Balaban J connectivity index is 1.86. The Kier molecular flexibility index (Phi) is 5.49. The number of fused-ring (bicyclic) bond motifs is 1. The van der Waals surface area contributed by atoms with Gasteiger partial charge in [0.1, 0.15) is 0 Å². The zero-order valence-corrected chi connectivity index (χ0v) is 11.7. The monoisotopic (exact) mass is 250 g/mol. The van der Waals surface area contributed by atoms with Gasteiger partial charge in [0, 0.05) is 25.0 Å². The van der Waals surface area contributed by atoms with Gasteiger partial charge < -0.3 is 10.1 Å². The highest BCUT2D eigenvalue weighted by Crippen LogP contribution is 2.24. The van der Waals surface area contributed by atoms with E-state index in [2.05, 4.69) is 29.0 Å². The van der Waals surface area contributed by atoms with Crippen LogP contribution in [0.15, 0.2) is 0 Å². The number of likely N-dealkylation sites (N-methyl/N-ethyl adjacent to an activating group) is 1. The van der Waals surface area contributed by atoms with E-state index in [1.54, 1.807) is 0 Å². The smallest absolute Gasteiger partial charge is 0.0855 e. The van der Waals surface area contributed by atoms with Crippen LogP contribution in [-0.2, 0) is 4.74 Å². The van der Waals surface area contributed by atoms with E-state index in [-0.39, 0.29) is 0 Å². The molecule has 0 bridgehead atoms. The Hall–Kier alpha value is -0.560. The minimum Gasteiger partial charge on any atom is -0.374 e. The third-order valence-corrected chi connectivity index (χ3v) is 4.09. The molecule has 3 nitrogen and oxygen atoms in total. The van der Waals surface area contributed by atoms with E-state index in [9.17, 15) is 0 Å². The highest BCUT2D eigenvalue weighted by atomic mass is 16.5. The molecule has 3 heteroatoms. The number of rotatable bonds is 5. The van der Waals surface area contributed by atoms with Crippen LogP contribution in [0.4, 0.5) is 0 Å². The average molecular weight is 250 g/mol. The van der Waals surface area contributed by atoms with Gasteiger partial charge in [0.15, 0.2) is 0 Å². The third-order valence-electron chi connectivity index (χ3n) is 4.09. The Bertz CT molecular complexity index is 307. The van der Waals surface area contributed by atoms with E-state index in [0.717, 1.165) is 32.5 Å². The number of hydrogen-bond acceptors (Lipinski definition) is 3. The van der Waals surface area contributed by atoms with Crippen LogP contribution in [-0.4, -0.2) is 49.3 Å². The topological polar surface area (TPSA) is 24.5 Å². The fourth-order valence-electron chi connectivity index (χ4n) is 3.12. The predicted molar refractivity (Wildman–Crippen MR) is 74.5 cm³/mol. The van der Waals surface area contributed by atoms with E-state index in [1.807, 2.05) is 6.92 Å². The van der Waals surface area contributed by atoms with Gasteiger partial charge in [0.05, 0.1) is 12.7 Å². The van der Waals surface area contributed by atoms with Crippen molar-refractivity contribution in [3.8, 4) is 11.8 Å². The molecule has 0 aliphatic carbocycles. The van der Waals surface area contributed by atoms with Crippen LogP contribution >= 0.6 is 0 Å². The summed E-state index contributed by atoms with van der Waals surface area (Å²) in [5, 5.41) is 3.57. The first kappa shape index (κ1) is 13.9. The summed E-state index contributed by atoms with van der Waals surface area (Å²) in [7, 11) is 0. The molecule has 0 radical (unpaired) electrons. The lowest BCUT2D eigenvalue weighted by molar-refractivity contribution is -0.0651. The van der Waals surface area contributed by atoms with Gasteiger partial charge in [0.25, 0.3) is 0 Å². The van der Waals surface area contributed by atoms with E-state index in [0.29, 0.717) is 18.2 Å². The maximum absolute atomic E-state index is 6.08. The SMILES string of the molecule is CC#CCCC(NCC)C1CN2CCCC2CO1.